The number of rotatable bonds is 3. The molecule has 116 valence electrons. The van der Waals surface area contributed by atoms with E-state index < -0.39 is 5.82 Å². The van der Waals surface area contributed by atoms with Crippen LogP contribution in [0.2, 0.25) is 0 Å². The Balaban J connectivity index is 1.95. The number of thiazole rings is 1. The van der Waals surface area contributed by atoms with Crippen molar-refractivity contribution in [1.82, 2.24) is 9.88 Å². The first kappa shape index (κ1) is 15.2. The first-order chi connectivity index (χ1) is 10.6. The van der Waals surface area contributed by atoms with E-state index in [-0.39, 0.29) is 23.5 Å². The van der Waals surface area contributed by atoms with Gasteiger partial charge in [0.2, 0.25) is 0 Å². The van der Waals surface area contributed by atoms with Gasteiger partial charge in [-0.2, -0.15) is 0 Å². The summed E-state index contributed by atoms with van der Waals surface area (Å²) in [4.78, 5) is 12.7. The number of amides is 1. The molecule has 3 N–H and O–H groups in total. The van der Waals surface area contributed by atoms with Gasteiger partial charge in [0.05, 0.1) is 5.69 Å². The van der Waals surface area contributed by atoms with Crippen molar-refractivity contribution < 1.29 is 9.18 Å². The fourth-order valence-electron chi connectivity index (χ4n) is 2.73. The Kier molecular flexibility index (Phi) is 4.26. The highest BCUT2D eigenvalue weighted by Gasteiger charge is 2.23. The molecule has 1 aromatic carbocycles. The first-order valence-electron chi connectivity index (χ1n) is 7.15. The molecular formula is C15H16FN3OS2. The van der Waals surface area contributed by atoms with Gasteiger partial charge in [-0.15, -0.1) is 0 Å². The molecule has 0 atom stereocenters. The molecule has 7 heteroatoms. The molecule has 1 saturated carbocycles. The van der Waals surface area contributed by atoms with Crippen LogP contribution in [0.4, 0.5) is 10.2 Å². The topological polar surface area (TPSA) is 60.1 Å². The van der Waals surface area contributed by atoms with Crippen LogP contribution in [0.3, 0.4) is 0 Å². The van der Waals surface area contributed by atoms with E-state index in [1.165, 1.54) is 10.6 Å². The van der Waals surface area contributed by atoms with E-state index in [9.17, 15) is 9.18 Å². The molecule has 1 aliphatic carbocycles. The van der Waals surface area contributed by atoms with E-state index in [4.69, 9.17) is 18.0 Å². The summed E-state index contributed by atoms with van der Waals surface area (Å²) in [7, 11) is 0. The molecule has 0 unspecified atom stereocenters. The number of para-hydroxylation sites is 1. The molecule has 1 fully saturated rings. The van der Waals surface area contributed by atoms with E-state index in [1.54, 1.807) is 18.2 Å². The largest absolute Gasteiger partial charge is 0.383 e. The number of nitrogen functional groups attached to an aromatic ring is 1. The number of nitrogens with two attached hydrogens (primary N) is 1. The van der Waals surface area contributed by atoms with Crippen LogP contribution in [0.5, 0.6) is 0 Å². The summed E-state index contributed by atoms with van der Waals surface area (Å²) in [6.45, 7) is 0. The Bertz CT molecular complexity index is 762. The van der Waals surface area contributed by atoms with Crippen LogP contribution in [0.1, 0.15) is 35.4 Å². The molecule has 3 rings (SSSR count). The first-order valence-corrected chi connectivity index (χ1v) is 8.37. The summed E-state index contributed by atoms with van der Waals surface area (Å²) in [5, 5.41) is 2.98. The molecule has 0 aliphatic heterocycles. The predicted octanol–water partition coefficient (Wildman–Crippen LogP) is 3.66. The lowest BCUT2D eigenvalue weighted by Crippen LogP contribution is -2.32. The Morgan fingerprint density at radius 2 is 2.05 bits per heavy atom. The maximum atomic E-state index is 14.0. The Labute approximate surface area is 136 Å². The van der Waals surface area contributed by atoms with Crippen molar-refractivity contribution in [3.05, 3.63) is 38.9 Å². The smallest absolute Gasteiger partial charge is 0.265 e. The zero-order valence-corrected chi connectivity index (χ0v) is 13.5. The van der Waals surface area contributed by atoms with Crippen LogP contribution < -0.4 is 11.1 Å². The van der Waals surface area contributed by atoms with Gasteiger partial charge in [-0.05, 0) is 37.2 Å². The van der Waals surface area contributed by atoms with Gasteiger partial charge >= 0.3 is 0 Å². The van der Waals surface area contributed by atoms with Gasteiger partial charge in [-0.25, -0.2) is 4.39 Å². The van der Waals surface area contributed by atoms with Crippen LogP contribution in [0, 0.1) is 9.77 Å². The summed E-state index contributed by atoms with van der Waals surface area (Å²) < 4.78 is 15.7. The molecule has 4 nitrogen and oxygen atoms in total. The van der Waals surface area contributed by atoms with Crippen molar-refractivity contribution in [2.45, 2.75) is 31.7 Å². The highest BCUT2D eigenvalue weighted by atomic mass is 32.1. The number of carbonyl (C=O) groups excluding carboxylic acids is 1. The molecule has 2 aromatic rings. The molecule has 1 heterocycles. The summed E-state index contributed by atoms with van der Waals surface area (Å²) >= 11 is 6.37. The summed E-state index contributed by atoms with van der Waals surface area (Å²) in [5.74, 6) is -0.461. The van der Waals surface area contributed by atoms with Gasteiger partial charge in [0.15, 0.2) is 3.95 Å². The average molecular weight is 337 g/mol. The van der Waals surface area contributed by atoms with Crippen LogP contribution in [0.25, 0.3) is 5.69 Å². The third-order valence-corrected chi connectivity index (χ3v) is 5.22. The number of halogens is 1. The van der Waals surface area contributed by atoms with Crippen LogP contribution in [-0.2, 0) is 0 Å². The fourth-order valence-corrected chi connectivity index (χ4v) is 3.99. The molecule has 1 aliphatic rings. The fraction of sp³-hybridized carbons (Fsp3) is 0.333. The highest BCUT2D eigenvalue weighted by Crippen LogP contribution is 2.28. The van der Waals surface area contributed by atoms with Crippen LogP contribution in [-0.4, -0.2) is 16.5 Å². The number of nitrogens with zero attached hydrogens (tertiary/aromatic N) is 1. The molecule has 0 saturated heterocycles. The minimum atomic E-state index is -0.425. The molecular weight excluding hydrogens is 321 g/mol. The van der Waals surface area contributed by atoms with Crippen molar-refractivity contribution in [2.75, 3.05) is 5.73 Å². The monoisotopic (exact) mass is 337 g/mol. The average Bonchev–Trinajstić information content (AvgIpc) is 3.08. The van der Waals surface area contributed by atoms with Gasteiger partial charge in [-0.1, -0.05) is 36.3 Å². The maximum Gasteiger partial charge on any atom is 0.265 e. The quantitative estimate of drug-likeness (QED) is 0.840. The van der Waals surface area contributed by atoms with Gasteiger partial charge in [0, 0.05) is 6.04 Å². The van der Waals surface area contributed by atoms with E-state index in [2.05, 4.69) is 5.32 Å². The van der Waals surface area contributed by atoms with Crippen molar-refractivity contribution in [2.24, 2.45) is 0 Å². The molecule has 22 heavy (non-hydrogen) atoms. The SMILES string of the molecule is Nc1c(C(=O)NC2CCCC2)sc(=S)n1-c1ccccc1F. The molecule has 0 bridgehead atoms. The van der Waals surface area contributed by atoms with Crippen molar-refractivity contribution >= 4 is 35.3 Å². The Morgan fingerprint density at radius 3 is 2.73 bits per heavy atom. The number of carbonyl (C=O) groups is 1. The zero-order valence-electron chi connectivity index (χ0n) is 11.8. The van der Waals surface area contributed by atoms with E-state index in [0.29, 0.717) is 8.83 Å². The van der Waals surface area contributed by atoms with Crippen molar-refractivity contribution in [3.8, 4) is 5.69 Å². The highest BCUT2D eigenvalue weighted by molar-refractivity contribution is 7.73. The maximum absolute atomic E-state index is 14.0. The lowest BCUT2D eigenvalue weighted by molar-refractivity contribution is 0.0942. The summed E-state index contributed by atoms with van der Waals surface area (Å²) in [5.41, 5.74) is 6.32. The minimum absolute atomic E-state index is 0.190. The summed E-state index contributed by atoms with van der Waals surface area (Å²) in [6.07, 6.45) is 4.24. The normalized spacial score (nSPS) is 15.1. The number of anilines is 1. The molecule has 1 aromatic heterocycles. The molecule has 0 spiro atoms. The number of aromatic nitrogens is 1. The summed E-state index contributed by atoms with van der Waals surface area (Å²) in [6, 6.07) is 6.43. The second-order valence-corrected chi connectivity index (χ2v) is 6.97. The number of benzene rings is 1. The van der Waals surface area contributed by atoms with Crippen LogP contribution in [0.15, 0.2) is 24.3 Å². The van der Waals surface area contributed by atoms with Gasteiger partial charge < -0.3 is 11.1 Å². The number of hydrogen-bond acceptors (Lipinski definition) is 4. The molecule has 1 amide bonds. The number of hydrogen-bond donors (Lipinski definition) is 2. The molecule has 0 radical (unpaired) electrons. The number of nitrogens with one attached hydrogen (secondary N) is 1. The van der Waals surface area contributed by atoms with Crippen molar-refractivity contribution in [3.63, 3.8) is 0 Å². The third kappa shape index (κ3) is 2.78. The lowest BCUT2D eigenvalue weighted by Gasteiger charge is -2.11. The predicted molar refractivity (Wildman–Crippen MR) is 88.6 cm³/mol. The minimum Gasteiger partial charge on any atom is -0.383 e. The van der Waals surface area contributed by atoms with Gasteiger partial charge in [0.1, 0.15) is 16.5 Å². The van der Waals surface area contributed by atoms with Crippen LogP contribution >= 0.6 is 23.6 Å². The van der Waals surface area contributed by atoms with E-state index in [1.807, 2.05) is 0 Å². The Morgan fingerprint density at radius 1 is 1.36 bits per heavy atom. The van der Waals surface area contributed by atoms with E-state index in [0.717, 1.165) is 37.0 Å². The third-order valence-electron chi connectivity index (χ3n) is 3.84. The zero-order chi connectivity index (χ0) is 15.7. The van der Waals surface area contributed by atoms with Gasteiger partial charge in [-0.3, -0.25) is 9.36 Å². The Hall–Kier alpha value is -1.73. The standard InChI is InChI=1S/C15H16FN3OS2/c16-10-7-3-4-8-11(10)19-13(17)12(22-15(19)21)14(20)18-9-5-1-2-6-9/h3-4,7-9H,1-2,5-6,17H2,(H,18,20). The van der Waals surface area contributed by atoms with Gasteiger partial charge in [0.25, 0.3) is 5.91 Å². The lowest BCUT2D eigenvalue weighted by atomic mass is 10.2. The second-order valence-electron chi connectivity index (χ2n) is 5.32. The second kappa shape index (κ2) is 6.18. The van der Waals surface area contributed by atoms with E-state index >= 15 is 0 Å². The van der Waals surface area contributed by atoms with Crippen molar-refractivity contribution in [1.29, 1.82) is 0 Å².